The number of hydrogen-bond donors (Lipinski definition) is 0. The molecule has 0 aliphatic heterocycles. The van der Waals surface area contributed by atoms with Crippen LogP contribution in [-0.4, -0.2) is 4.98 Å². The van der Waals surface area contributed by atoms with E-state index >= 15 is 0 Å². The molecule has 1 unspecified atom stereocenters. The lowest BCUT2D eigenvalue weighted by Gasteiger charge is -1.97. The molecule has 1 heterocycles. The molecular formula is C6H4ClFNO. The maximum atomic E-state index is 12.2. The molecule has 1 rings (SSSR count). The molecule has 0 N–H and O–H groups in total. The van der Waals surface area contributed by atoms with Gasteiger partial charge >= 0.3 is 0 Å². The average molecular weight is 161 g/mol. The molecule has 0 spiro atoms. The Morgan fingerprint density at radius 2 is 2.40 bits per heavy atom. The van der Waals surface area contributed by atoms with Crippen LogP contribution >= 0.6 is 11.6 Å². The van der Waals surface area contributed by atoms with Gasteiger partial charge in [0.05, 0.1) is 5.56 Å². The fraction of sp³-hybridized carbons (Fsp3) is 0.167. The van der Waals surface area contributed by atoms with E-state index in [1.807, 2.05) is 0 Å². The minimum absolute atomic E-state index is 0.107. The number of nitrogens with zero attached hydrogens (tertiary/aromatic N) is 1. The van der Waals surface area contributed by atoms with Crippen LogP contribution in [-0.2, 0) is 5.11 Å². The summed E-state index contributed by atoms with van der Waals surface area (Å²) in [5.41, 5.74) is -1.86. The van der Waals surface area contributed by atoms with Crippen molar-refractivity contribution in [2.75, 3.05) is 0 Å². The summed E-state index contributed by atoms with van der Waals surface area (Å²) >= 11 is 5.00. The molecule has 4 heteroatoms. The first-order chi connectivity index (χ1) is 4.72. The van der Waals surface area contributed by atoms with Crippen molar-refractivity contribution in [2.45, 2.75) is 5.63 Å². The quantitative estimate of drug-likeness (QED) is 0.581. The molecule has 0 amide bonds. The minimum atomic E-state index is -1.75. The van der Waals surface area contributed by atoms with Crippen LogP contribution in [0, 0.1) is 0 Å². The van der Waals surface area contributed by atoms with Crippen LogP contribution in [0.4, 0.5) is 4.39 Å². The van der Waals surface area contributed by atoms with Gasteiger partial charge in [0, 0.05) is 6.20 Å². The number of hydrogen-bond acceptors (Lipinski definition) is 1. The fourth-order valence-corrected chi connectivity index (χ4v) is 0.735. The van der Waals surface area contributed by atoms with E-state index in [1.165, 1.54) is 18.3 Å². The highest BCUT2D eigenvalue weighted by Crippen LogP contribution is 2.27. The van der Waals surface area contributed by atoms with Crippen LogP contribution in [0.5, 0.6) is 5.88 Å². The van der Waals surface area contributed by atoms with Crippen LogP contribution in [0.3, 0.4) is 0 Å². The molecule has 0 saturated heterocycles. The average Bonchev–Trinajstić information content (AvgIpc) is 1.88. The highest BCUT2D eigenvalue weighted by molar-refractivity contribution is 6.19. The van der Waals surface area contributed by atoms with Gasteiger partial charge in [-0.2, -0.15) is 0 Å². The Kier molecular flexibility index (Phi) is 2.06. The molecule has 0 aromatic carbocycles. The Bertz CT molecular complexity index is 229. The number of halogens is 2. The van der Waals surface area contributed by atoms with Crippen LogP contribution in [0.2, 0.25) is 0 Å². The molecule has 2 nitrogen and oxygen atoms in total. The highest BCUT2D eigenvalue weighted by Gasteiger charge is 2.11. The van der Waals surface area contributed by atoms with Gasteiger partial charge in [0.2, 0.25) is 5.63 Å². The van der Waals surface area contributed by atoms with Crippen LogP contribution < -0.4 is 0 Å². The second kappa shape index (κ2) is 2.84. The summed E-state index contributed by atoms with van der Waals surface area (Å²) in [4.78, 5) is 3.32. The Balaban J connectivity index is 3.03. The summed E-state index contributed by atoms with van der Waals surface area (Å²) in [6.45, 7) is 0. The SMILES string of the molecule is [O]c1ncccc1C(F)Cl. The topological polar surface area (TPSA) is 32.8 Å². The van der Waals surface area contributed by atoms with Gasteiger partial charge in [-0.25, -0.2) is 9.37 Å². The summed E-state index contributed by atoms with van der Waals surface area (Å²) in [5.74, 6) is -0.606. The molecular weight excluding hydrogens is 157 g/mol. The largest absolute Gasteiger partial charge is 0.277 e. The summed E-state index contributed by atoms with van der Waals surface area (Å²) in [5, 5.41) is 10.6. The molecule has 53 valence electrons. The third-order valence-corrected chi connectivity index (χ3v) is 1.27. The zero-order valence-corrected chi connectivity index (χ0v) is 5.68. The molecule has 1 radical (unpaired) electrons. The molecule has 0 aliphatic carbocycles. The highest BCUT2D eigenvalue weighted by atomic mass is 35.5. The Morgan fingerprint density at radius 3 is 2.80 bits per heavy atom. The summed E-state index contributed by atoms with van der Waals surface area (Å²) in [6.07, 6.45) is 1.30. The number of alkyl halides is 2. The Morgan fingerprint density at radius 1 is 1.70 bits per heavy atom. The monoisotopic (exact) mass is 160 g/mol. The van der Waals surface area contributed by atoms with Crippen molar-refractivity contribution in [3.05, 3.63) is 23.9 Å². The van der Waals surface area contributed by atoms with Gasteiger partial charge < -0.3 is 0 Å². The molecule has 0 aliphatic rings. The zero-order valence-electron chi connectivity index (χ0n) is 4.92. The van der Waals surface area contributed by atoms with Crippen molar-refractivity contribution >= 4 is 11.6 Å². The predicted molar refractivity (Wildman–Crippen MR) is 34.1 cm³/mol. The van der Waals surface area contributed by atoms with Gasteiger partial charge in [0.15, 0.2) is 0 Å². The molecule has 1 aromatic rings. The van der Waals surface area contributed by atoms with Crippen molar-refractivity contribution < 1.29 is 9.50 Å². The number of rotatable bonds is 1. The van der Waals surface area contributed by atoms with Gasteiger partial charge in [-0.15, -0.1) is 0 Å². The summed E-state index contributed by atoms with van der Waals surface area (Å²) < 4.78 is 12.2. The Hall–Kier alpha value is -0.830. The van der Waals surface area contributed by atoms with Gasteiger partial charge in [-0.05, 0) is 12.1 Å². The van der Waals surface area contributed by atoms with Crippen molar-refractivity contribution in [1.82, 2.24) is 4.98 Å². The van der Waals surface area contributed by atoms with E-state index in [-0.39, 0.29) is 5.56 Å². The maximum Gasteiger partial charge on any atom is 0.277 e. The summed E-state index contributed by atoms with van der Waals surface area (Å²) in [6, 6.07) is 2.78. The van der Waals surface area contributed by atoms with Crippen molar-refractivity contribution in [3.8, 4) is 5.88 Å². The lowest BCUT2D eigenvalue weighted by atomic mass is 10.3. The molecule has 1 aromatic heterocycles. The van der Waals surface area contributed by atoms with Crippen LogP contribution in [0.1, 0.15) is 11.2 Å². The van der Waals surface area contributed by atoms with Crippen molar-refractivity contribution in [1.29, 1.82) is 0 Å². The zero-order chi connectivity index (χ0) is 7.56. The van der Waals surface area contributed by atoms with E-state index in [4.69, 9.17) is 11.6 Å². The lowest BCUT2D eigenvalue weighted by molar-refractivity contribution is 0.321. The summed E-state index contributed by atoms with van der Waals surface area (Å²) in [7, 11) is 0. The number of aromatic nitrogens is 1. The van der Waals surface area contributed by atoms with Crippen molar-refractivity contribution in [3.63, 3.8) is 0 Å². The second-order valence-corrected chi connectivity index (χ2v) is 2.08. The molecule has 0 saturated carbocycles. The predicted octanol–water partition coefficient (Wildman–Crippen LogP) is 2.43. The third kappa shape index (κ3) is 1.36. The van der Waals surface area contributed by atoms with E-state index in [0.29, 0.717) is 0 Å². The fourth-order valence-electron chi connectivity index (χ4n) is 0.569. The van der Waals surface area contributed by atoms with E-state index in [1.54, 1.807) is 0 Å². The van der Waals surface area contributed by atoms with Crippen LogP contribution in [0.25, 0.3) is 0 Å². The lowest BCUT2D eigenvalue weighted by Crippen LogP contribution is -1.83. The maximum absolute atomic E-state index is 12.2. The first-order valence-corrected chi connectivity index (χ1v) is 3.05. The minimum Gasteiger partial charge on any atom is -0.267 e. The molecule has 0 bridgehead atoms. The second-order valence-electron chi connectivity index (χ2n) is 1.70. The molecule has 10 heavy (non-hydrogen) atoms. The normalized spacial score (nSPS) is 13.0. The Labute approximate surface area is 62.3 Å². The molecule has 0 fully saturated rings. The van der Waals surface area contributed by atoms with E-state index in [0.717, 1.165) is 0 Å². The first kappa shape index (κ1) is 7.28. The molecule has 1 atom stereocenters. The van der Waals surface area contributed by atoms with E-state index < -0.39 is 11.5 Å². The van der Waals surface area contributed by atoms with Gasteiger partial charge in [0.25, 0.3) is 5.88 Å². The van der Waals surface area contributed by atoms with Crippen LogP contribution in [0.15, 0.2) is 18.3 Å². The van der Waals surface area contributed by atoms with Gasteiger partial charge in [-0.1, -0.05) is 11.6 Å². The van der Waals surface area contributed by atoms with Gasteiger partial charge in [0.1, 0.15) is 0 Å². The smallest absolute Gasteiger partial charge is 0.267 e. The van der Waals surface area contributed by atoms with Crippen molar-refractivity contribution in [2.24, 2.45) is 0 Å². The first-order valence-electron chi connectivity index (χ1n) is 2.62. The van der Waals surface area contributed by atoms with E-state index in [2.05, 4.69) is 4.98 Å². The van der Waals surface area contributed by atoms with E-state index in [9.17, 15) is 9.50 Å². The van der Waals surface area contributed by atoms with Gasteiger partial charge in [-0.3, -0.25) is 5.11 Å². The third-order valence-electron chi connectivity index (χ3n) is 1.04. The number of pyridine rings is 1. The standard InChI is InChI=1S/C6H4ClFNO/c7-5(8)4-2-1-3-9-6(4)10/h1-3,5H.